The van der Waals surface area contributed by atoms with Crippen molar-refractivity contribution in [3.8, 4) is 0 Å². The maximum atomic E-state index is 11.3. The molecule has 0 aliphatic heterocycles. The summed E-state index contributed by atoms with van der Waals surface area (Å²) in [5.74, 6) is 2.12. The van der Waals surface area contributed by atoms with Crippen LogP contribution in [0.25, 0.3) is 0 Å². The van der Waals surface area contributed by atoms with E-state index in [2.05, 4.69) is 20.8 Å². The normalized spacial score (nSPS) is 16.1. The molecular weight excluding hydrogens is 250 g/mol. The van der Waals surface area contributed by atoms with Gasteiger partial charge in [-0.05, 0) is 30.2 Å². The smallest absolute Gasteiger partial charge is 0.229 e. The fraction of sp³-hybridized carbons (Fsp3) is 0.818. The molecule has 1 aliphatic carbocycles. The number of hydrogen-bond donors (Lipinski definition) is 1. The Morgan fingerprint density at radius 2 is 2.28 bits per heavy atom. The molecular formula is C11H19N5OS. The van der Waals surface area contributed by atoms with Crippen LogP contribution in [0.2, 0.25) is 0 Å². The van der Waals surface area contributed by atoms with Crippen LogP contribution in [0, 0.1) is 0 Å². The Kier molecular flexibility index (Phi) is 4.98. The molecule has 0 spiro atoms. The molecule has 0 bridgehead atoms. The lowest BCUT2D eigenvalue weighted by Crippen LogP contribution is -2.24. The molecule has 0 saturated heterocycles. The Morgan fingerprint density at radius 1 is 1.50 bits per heavy atom. The van der Waals surface area contributed by atoms with E-state index in [1.165, 1.54) is 25.7 Å². The number of carbonyl (C=O) groups excluding carboxylic acids is 1. The highest BCUT2D eigenvalue weighted by atomic mass is 32.2. The van der Waals surface area contributed by atoms with Gasteiger partial charge >= 0.3 is 0 Å². The second-order valence-electron chi connectivity index (χ2n) is 4.42. The second-order valence-corrected chi connectivity index (χ2v) is 5.41. The molecule has 6 nitrogen and oxygen atoms in total. The minimum Gasteiger partial charge on any atom is -0.356 e. The summed E-state index contributed by atoms with van der Waals surface area (Å²) in [5.41, 5.74) is 0. The molecule has 0 atom stereocenters. The van der Waals surface area contributed by atoms with Crippen LogP contribution in [0.4, 0.5) is 0 Å². The molecule has 0 unspecified atom stereocenters. The van der Waals surface area contributed by atoms with Crippen molar-refractivity contribution in [2.45, 2.75) is 44.4 Å². The van der Waals surface area contributed by atoms with Gasteiger partial charge in [0, 0.05) is 6.54 Å². The molecule has 1 heterocycles. The van der Waals surface area contributed by atoms with Crippen molar-refractivity contribution in [3.63, 3.8) is 0 Å². The van der Waals surface area contributed by atoms with Gasteiger partial charge in [-0.25, -0.2) is 4.68 Å². The van der Waals surface area contributed by atoms with Crippen molar-refractivity contribution in [1.82, 2.24) is 25.5 Å². The lowest BCUT2D eigenvalue weighted by Gasteiger charge is -2.10. The molecule has 0 radical (unpaired) electrons. The number of rotatable bonds is 6. The third-order valence-electron chi connectivity index (χ3n) is 3.07. The van der Waals surface area contributed by atoms with Gasteiger partial charge < -0.3 is 5.32 Å². The van der Waals surface area contributed by atoms with Crippen molar-refractivity contribution >= 4 is 17.7 Å². The van der Waals surface area contributed by atoms with E-state index in [1.807, 2.05) is 11.6 Å². The zero-order chi connectivity index (χ0) is 12.8. The van der Waals surface area contributed by atoms with Gasteiger partial charge in [0.2, 0.25) is 5.91 Å². The van der Waals surface area contributed by atoms with E-state index in [0.717, 1.165) is 5.82 Å². The first-order valence-electron chi connectivity index (χ1n) is 6.42. The zero-order valence-electron chi connectivity index (χ0n) is 10.6. The zero-order valence-corrected chi connectivity index (χ0v) is 11.4. The molecule has 18 heavy (non-hydrogen) atoms. The first kappa shape index (κ1) is 13.3. The molecule has 2 rings (SSSR count). The monoisotopic (exact) mass is 269 g/mol. The predicted octanol–water partition coefficient (Wildman–Crippen LogP) is 1.16. The maximum absolute atomic E-state index is 11.3. The van der Waals surface area contributed by atoms with E-state index in [1.54, 1.807) is 11.8 Å². The Balaban J connectivity index is 1.82. The average molecular weight is 269 g/mol. The van der Waals surface area contributed by atoms with Gasteiger partial charge in [0.05, 0.1) is 17.5 Å². The summed E-state index contributed by atoms with van der Waals surface area (Å²) in [4.78, 5) is 11.3. The van der Waals surface area contributed by atoms with Crippen LogP contribution < -0.4 is 5.32 Å². The van der Waals surface area contributed by atoms with E-state index in [0.29, 0.717) is 24.1 Å². The number of nitrogens with zero attached hydrogens (tertiary/aromatic N) is 4. The molecule has 1 fully saturated rings. The Bertz CT molecular complexity index is 389. The van der Waals surface area contributed by atoms with Gasteiger partial charge in [0.15, 0.2) is 5.82 Å². The van der Waals surface area contributed by atoms with Gasteiger partial charge in [-0.3, -0.25) is 4.79 Å². The van der Waals surface area contributed by atoms with Crippen LogP contribution >= 0.6 is 11.8 Å². The van der Waals surface area contributed by atoms with Crippen molar-refractivity contribution in [1.29, 1.82) is 0 Å². The average Bonchev–Trinajstić information content (AvgIpc) is 2.98. The van der Waals surface area contributed by atoms with Crippen LogP contribution in [0.15, 0.2) is 0 Å². The molecule has 1 amide bonds. The molecule has 1 N–H and O–H groups in total. The van der Waals surface area contributed by atoms with Crippen molar-refractivity contribution in [2.75, 3.05) is 12.3 Å². The number of thioether (sulfide) groups is 1. The number of amides is 1. The third kappa shape index (κ3) is 3.44. The van der Waals surface area contributed by atoms with Crippen molar-refractivity contribution in [3.05, 3.63) is 5.82 Å². The number of aromatic nitrogens is 4. The van der Waals surface area contributed by atoms with Crippen LogP contribution in [0.3, 0.4) is 0 Å². The Labute approximate surface area is 111 Å². The molecule has 1 aromatic rings. The number of carbonyl (C=O) groups is 1. The van der Waals surface area contributed by atoms with E-state index >= 15 is 0 Å². The summed E-state index contributed by atoms with van der Waals surface area (Å²) in [6.07, 6.45) is 4.85. The van der Waals surface area contributed by atoms with Crippen LogP contribution in [-0.2, 0) is 10.5 Å². The van der Waals surface area contributed by atoms with Crippen LogP contribution in [0.5, 0.6) is 0 Å². The summed E-state index contributed by atoms with van der Waals surface area (Å²) in [6, 6.07) is 0.458. The first-order valence-corrected chi connectivity index (χ1v) is 7.58. The first-order chi connectivity index (χ1) is 8.81. The summed E-state index contributed by atoms with van der Waals surface area (Å²) in [7, 11) is 0. The minimum absolute atomic E-state index is 0.0717. The van der Waals surface area contributed by atoms with Crippen molar-refractivity contribution < 1.29 is 4.79 Å². The fourth-order valence-electron chi connectivity index (χ4n) is 2.22. The van der Waals surface area contributed by atoms with Gasteiger partial charge in [0.1, 0.15) is 0 Å². The summed E-state index contributed by atoms with van der Waals surface area (Å²) in [6.45, 7) is 2.60. The Hall–Kier alpha value is -1.11. The molecule has 7 heteroatoms. The van der Waals surface area contributed by atoms with Crippen molar-refractivity contribution in [2.24, 2.45) is 0 Å². The maximum Gasteiger partial charge on any atom is 0.229 e. The van der Waals surface area contributed by atoms with Gasteiger partial charge in [-0.15, -0.1) is 16.9 Å². The molecule has 100 valence electrons. The van der Waals surface area contributed by atoms with E-state index < -0.39 is 0 Å². The fourth-order valence-corrected chi connectivity index (χ4v) is 2.99. The lowest BCUT2D eigenvalue weighted by atomic mass is 10.2. The highest BCUT2D eigenvalue weighted by Gasteiger charge is 2.21. The summed E-state index contributed by atoms with van der Waals surface area (Å²) in [5, 5.41) is 14.7. The van der Waals surface area contributed by atoms with Crippen LogP contribution in [-0.4, -0.2) is 38.4 Å². The van der Waals surface area contributed by atoms with E-state index in [4.69, 9.17) is 0 Å². The third-order valence-corrected chi connectivity index (χ3v) is 4.00. The summed E-state index contributed by atoms with van der Waals surface area (Å²) < 4.78 is 1.94. The van der Waals surface area contributed by atoms with Gasteiger partial charge in [-0.2, -0.15) is 0 Å². The molecule has 1 aromatic heterocycles. The molecule has 1 saturated carbocycles. The van der Waals surface area contributed by atoms with E-state index in [-0.39, 0.29) is 5.91 Å². The number of nitrogens with one attached hydrogen (secondary N) is 1. The Morgan fingerprint density at radius 3 is 3.00 bits per heavy atom. The molecule has 1 aliphatic rings. The number of hydrogen-bond acceptors (Lipinski definition) is 5. The predicted molar refractivity (Wildman–Crippen MR) is 70.2 cm³/mol. The SMILES string of the molecule is CCNC(=O)CSCc1nnnn1C1CCCC1. The largest absolute Gasteiger partial charge is 0.356 e. The van der Waals surface area contributed by atoms with Gasteiger partial charge in [-0.1, -0.05) is 12.8 Å². The topological polar surface area (TPSA) is 72.7 Å². The summed E-state index contributed by atoms with van der Waals surface area (Å²) >= 11 is 1.56. The standard InChI is InChI=1S/C11H19N5OS/c1-2-12-11(17)8-18-7-10-13-14-15-16(10)9-5-3-4-6-9/h9H,2-8H2,1H3,(H,12,17). The van der Waals surface area contributed by atoms with E-state index in [9.17, 15) is 4.79 Å². The lowest BCUT2D eigenvalue weighted by molar-refractivity contribution is -0.118. The second kappa shape index (κ2) is 6.72. The van der Waals surface area contributed by atoms with Gasteiger partial charge in [0.25, 0.3) is 0 Å². The quantitative estimate of drug-likeness (QED) is 0.839. The highest BCUT2D eigenvalue weighted by Crippen LogP contribution is 2.29. The van der Waals surface area contributed by atoms with Crippen LogP contribution in [0.1, 0.15) is 44.5 Å². The highest BCUT2D eigenvalue weighted by molar-refractivity contribution is 7.99. The number of tetrazole rings is 1. The molecule has 0 aromatic carbocycles. The minimum atomic E-state index is 0.0717.